The first-order valence-corrected chi connectivity index (χ1v) is 15.1. The van der Waals surface area contributed by atoms with Crippen LogP contribution in [0.25, 0.3) is 60.8 Å². The highest BCUT2D eigenvalue weighted by Gasteiger charge is 2.17. The summed E-state index contributed by atoms with van der Waals surface area (Å²) < 4.78 is 8.56. The maximum atomic E-state index is 6.21. The fourth-order valence-electron chi connectivity index (χ4n) is 6.52. The molecule has 0 saturated carbocycles. The largest absolute Gasteiger partial charge is 0.436 e. The molecule has 7 aromatic carbocycles. The SMILES string of the molecule is c1ccc(-c2nc3c(ccc4ccc(N(c5ccccc5)c5ccc(-n6c7ccccc7c7ccccc76)cc5)cc43)o2)cc1. The van der Waals surface area contributed by atoms with Gasteiger partial charge in [-0.25, -0.2) is 4.98 Å². The Morgan fingerprint density at radius 2 is 1.07 bits per heavy atom. The molecular formula is C41H27N3O. The summed E-state index contributed by atoms with van der Waals surface area (Å²) in [5, 5.41) is 4.69. The van der Waals surface area contributed by atoms with Gasteiger partial charge in [0.15, 0.2) is 5.58 Å². The Morgan fingerprint density at radius 1 is 0.489 bits per heavy atom. The third-order valence-corrected chi connectivity index (χ3v) is 8.60. The molecule has 45 heavy (non-hydrogen) atoms. The molecule has 0 aliphatic rings. The van der Waals surface area contributed by atoms with Crippen molar-refractivity contribution < 1.29 is 4.42 Å². The average molecular weight is 578 g/mol. The topological polar surface area (TPSA) is 34.2 Å². The number of benzene rings is 7. The quantitative estimate of drug-likeness (QED) is 0.204. The Morgan fingerprint density at radius 3 is 1.78 bits per heavy atom. The molecule has 212 valence electrons. The number of hydrogen-bond acceptors (Lipinski definition) is 3. The Kier molecular flexibility index (Phi) is 5.78. The smallest absolute Gasteiger partial charge is 0.227 e. The average Bonchev–Trinajstić information content (AvgIpc) is 3.70. The molecule has 9 rings (SSSR count). The summed E-state index contributed by atoms with van der Waals surface area (Å²) in [6.07, 6.45) is 0. The van der Waals surface area contributed by atoms with E-state index >= 15 is 0 Å². The van der Waals surface area contributed by atoms with Crippen molar-refractivity contribution in [3.63, 3.8) is 0 Å². The van der Waals surface area contributed by atoms with Gasteiger partial charge in [0.1, 0.15) is 5.52 Å². The minimum absolute atomic E-state index is 0.629. The van der Waals surface area contributed by atoms with E-state index in [1.54, 1.807) is 0 Å². The standard InChI is InChI=1S/C41H27N3O/c1-3-11-29(12-4-1)41-42-40-36-27-33(21-19-28(36)20-26-39(40)45-41)43(30-13-5-2-6-14-30)31-22-24-32(25-23-31)44-37-17-9-7-15-34(37)35-16-8-10-18-38(35)44/h1-27H. The number of hydrogen-bond donors (Lipinski definition) is 0. The molecule has 2 heterocycles. The van der Waals surface area contributed by atoms with E-state index < -0.39 is 0 Å². The first-order valence-electron chi connectivity index (χ1n) is 15.1. The van der Waals surface area contributed by atoms with Gasteiger partial charge in [0.2, 0.25) is 5.89 Å². The van der Waals surface area contributed by atoms with E-state index in [0.29, 0.717) is 5.89 Å². The lowest BCUT2D eigenvalue weighted by Gasteiger charge is -2.26. The van der Waals surface area contributed by atoms with Gasteiger partial charge in [-0.3, -0.25) is 0 Å². The van der Waals surface area contributed by atoms with Crippen molar-refractivity contribution in [2.24, 2.45) is 0 Å². The van der Waals surface area contributed by atoms with Crippen molar-refractivity contribution in [1.82, 2.24) is 9.55 Å². The zero-order valence-corrected chi connectivity index (χ0v) is 24.3. The monoisotopic (exact) mass is 577 g/mol. The van der Waals surface area contributed by atoms with E-state index in [2.05, 4.69) is 137 Å². The van der Waals surface area contributed by atoms with Crippen LogP contribution in [0.2, 0.25) is 0 Å². The van der Waals surface area contributed by atoms with Crippen molar-refractivity contribution >= 4 is 60.7 Å². The molecule has 0 radical (unpaired) electrons. The number of oxazole rings is 1. The zero-order valence-electron chi connectivity index (χ0n) is 24.3. The van der Waals surface area contributed by atoms with Crippen molar-refractivity contribution in [2.75, 3.05) is 4.90 Å². The molecule has 4 heteroatoms. The lowest BCUT2D eigenvalue weighted by molar-refractivity contribution is 0.620. The van der Waals surface area contributed by atoms with E-state index in [0.717, 1.165) is 50.2 Å². The molecular weight excluding hydrogens is 550 g/mol. The van der Waals surface area contributed by atoms with E-state index in [1.165, 1.54) is 21.8 Å². The van der Waals surface area contributed by atoms with E-state index in [-0.39, 0.29) is 0 Å². The Bertz CT molecular complexity index is 2420. The van der Waals surface area contributed by atoms with Crippen LogP contribution in [0.1, 0.15) is 0 Å². The van der Waals surface area contributed by atoms with Gasteiger partial charge in [-0.15, -0.1) is 0 Å². The Balaban J connectivity index is 1.19. The van der Waals surface area contributed by atoms with E-state index in [1.807, 2.05) is 36.4 Å². The zero-order chi connectivity index (χ0) is 29.7. The summed E-state index contributed by atoms with van der Waals surface area (Å²) in [5.74, 6) is 0.629. The van der Waals surface area contributed by atoms with Crippen LogP contribution in [0.15, 0.2) is 168 Å². The minimum Gasteiger partial charge on any atom is -0.436 e. The van der Waals surface area contributed by atoms with Gasteiger partial charge < -0.3 is 13.9 Å². The van der Waals surface area contributed by atoms with Crippen molar-refractivity contribution in [3.05, 3.63) is 164 Å². The fourth-order valence-corrected chi connectivity index (χ4v) is 6.52. The lowest BCUT2D eigenvalue weighted by atomic mass is 10.1. The fraction of sp³-hybridized carbons (Fsp3) is 0. The van der Waals surface area contributed by atoms with Crippen molar-refractivity contribution in [1.29, 1.82) is 0 Å². The molecule has 0 spiro atoms. The lowest BCUT2D eigenvalue weighted by Crippen LogP contribution is -2.10. The summed E-state index contributed by atoms with van der Waals surface area (Å²) in [7, 11) is 0. The maximum absolute atomic E-state index is 6.21. The number of anilines is 3. The van der Waals surface area contributed by atoms with Crippen LogP contribution in [0.3, 0.4) is 0 Å². The van der Waals surface area contributed by atoms with Gasteiger partial charge in [-0.2, -0.15) is 0 Å². The summed E-state index contributed by atoms with van der Waals surface area (Å²) in [6, 6.07) is 57.4. The highest BCUT2D eigenvalue weighted by molar-refractivity contribution is 6.09. The van der Waals surface area contributed by atoms with Crippen LogP contribution in [0.5, 0.6) is 0 Å². The molecule has 0 unspecified atom stereocenters. The van der Waals surface area contributed by atoms with E-state index in [9.17, 15) is 0 Å². The molecule has 0 fully saturated rings. The second-order valence-electron chi connectivity index (χ2n) is 11.3. The number of nitrogens with zero attached hydrogens (tertiary/aromatic N) is 3. The predicted molar refractivity (Wildman–Crippen MR) is 186 cm³/mol. The van der Waals surface area contributed by atoms with Gasteiger partial charge >= 0.3 is 0 Å². The second kappa shape index (κ2) is 10.2. The number of para-hydroxylation sites is 3. The molecule has 0 N–H and O–H groups in total. The van der Waals surface area contributed by atoms with Crippen LogP contribution >= 0.6 is 0 Å². The molecule has 0 atom stereocenters. The third kappa shape index (κ3) is 4.19. The second-order valence-corrected chi connectivity index (χ2v) is 11.3. The highest BCUT2D eigenvalue weighted by Crippen LogP contribution is 2.39. The van der Waals surface area contributed by atoms with E-state index in [4.69, 9.17) is 9.40 Å². The maximum Gasteiger partial charge on any atom is 0.227 e. The molecule has 0 aliphatic heterocycles. The van der Waals surface area contributed by atoms with Gasteiger partial charge in [0, 0.05) is 44.5 Å². The highest BCUT2D eigenvalue weighted by atomic mass is 16.3. The molecule has 2 aromatic heterocycles. The van der Waals surface area contributed by atoms with Gasteiger partial charge in [-0.1, -0.05) is 84.9 Å². The normalized spacial score (nSPS) is 11.6. The summed E-state index contributed by atoms with van der Waals surface area (Å²) in [6.45, 7) is 0. The van der Waals surface area contributed by atoms with Gasteiger partial charge in [0.25, 0.3) is 0 Å². The molecule has 0 bridgehead atoms. The number of aromatic nitrogens is 2. The summed E-state index contributed by atoms with van der Waals surface area (Å²) in [5.41, 5.74) is 9.34. The molecule has 4 nitrogen and oxygen atoms in total. The Hall–Kier alpha value is -6.13. The van der Waals surface area contributed by atoms with Crippen LogP contribution in [-0.2, 0) is 0 Å². The Labute approximate surface area is 260 Å². The van der Waals surface area contributed by atoms with Crippen molar-refractivity contribution in [3.8, 4) is 17.1 Å². The molecule has 0 aliphatic carbocycles. The molecule has 0 saturated heterocycles. The predicted octanol–water partition coefficient (Wildman–Crippen LogP) is 11.2. The van der Waals surface area contributed by atoms with Gasteiger partial charge in [0.05, 0.1) is 11.0 Å². The summed E-state index contributed by atoms with van der Waals surface area (Å²) in [4.78, 5) is 7.26. The van der Waals surface area contributed by atoms with Crippen LogP contribution in [-0.4, -0.2) is 9.55 Å². The molecule has 0 amide bonds. The first-order chi connectivity index (χ1) is 22.3. The summed E-state index contributed by atoms with van der Waals surface area (Å²) >= 11 is 0. The van der Waals surface area contributed by atoms with Crippen LogP contribution in [0.4, 0.5) is 17.1 Å². The van der Waals surface area contributed by atoms with Gasteiger partial charge in [-0.05, 0) is 84.2 Å². The molecule has 9 aromatic rings. The first kappa shape index (κ1) is 25.4. The number of rotatable bonds is 5. The minimum atomic E-state index is 0.629. The number of fused-ring (bicyclic) bond motifs is 6. The third-order valence-electron chi connectivity index (χ3n) is 8.60. The van der Waals surface area contributed by atoms with Crippen LogP contribution < -0.4 is 4.90 Å². The van der Waals surface area contributed by atoms with Crippen LogP contribution in [0, 0.1) is 0 Å². The van der Waals surface area contributed by atoms with Crippen molar-refractivity contribution in [2.45, 2.75) is 0 Å².